The Labute approximate surface area is 118 Å². The predicted octanol–water partition coefficient (Wildman–Crippen LogP) is 2.99. The Morgan fingerprint density at radius 2 is 2.05 bits per heavy atom. The summed E-state index contributed by atoms with van der Waals surface area (Å²) < 4.78 is 0. The highest BCUT2D eigenvalue weighted by atomic mass is 32.1. The maximum Gasteiger partial charge on any atom is 0.309 e. The molecule has 0 unspecified atom stereocenters. The van der Waals surface area contributed by atoms with Crippen LogP contribution in [-0.4, -0.2) is 27.9 Å². The summed E-state index contributed by atoms with van der Waals surface area (Å²) >= 11 is 1.60. The fraction of sp³-hybridized carbons (Fsp3) is 0.571. The van der Waals surface area contributed by atoms with E-state index < -0.39 is 11.4 Å². The van der Waals surface area contributed by atoms with Crippen LogP contribution in [0.2, 0.25) is 0 Å². The number of carbonyl (C=O) groups is 2. The van der Waals surface area contributed by atoms with Gasteiger partial charge in [-0.2, -0.15) is 0 Å². The van der Waals surface area contributed by atoms with Crippen molar-refractivity contribution in [3.05, 3.63) is 22.4 Å². The highest BCUT2D eigenvalue weighted by Gasteiger charge is 2.32. The second kappa shape index (κ2) is 6.19. The van der Waals surface area contributed by atoms with Gasteiger partial charge in [0.2, 0.25) is 5.91 Å². The van der Waals surface area contributed by atoms with Crippen LogP contribution in [0.25, 0.3) is 0 Å². The number of aliphatic carboxylic acids is 1. The number of amides is 1. The van der Waals surface area contributed by atoms with Gasteiger partial charge in [-0.05, 0) is 39.1 Å². The van der Waals surface area contributed by atoms with E-state index in [1.165, 1.54) is 0 Å². The summed E-state index contributed by atoms with van der Waals surface area (Å²) in [6.07, 6.45) is 0.0197. The second-order valence-corrected chi connectivity index (χ2v) is 6.59. The smallest absolute Gasteiger partial charge is 0.309 e. The number of carboxylic acid groups (broad SMARTS) is 1. The van der Waals surface area contributed by atoms with Gasteiger partial charge in [0.15, 0.2) is 0 Å². The summed E-state index contributed by atoms with van der Waals surface area (Å²) in [4.78, 5) is 26.2. The number of carbonyl (C=O) groups excluding carboxylic acids is 1. The lowest BCUT2D eigenvalue weighted by atomic mass is 9.89. The van der Waals surface area contributed by atoms with Gasteiger partial charge < -0.3 is 10.0 Å². The van der Waals surface area contributed by atoms with Gasteiger partial charge >= 0.3 is 5.97 Å². The van der Waals surface area contributed by atoms with Crippen LogP contribution >= 0.6 is 11.3 Å². The summed E-state index contributed by atoms with van der Waals surface area (Å²) in [7, 11) is 0. The van der Waals surface area contributed by atoms with Gasteiger partial charge in [0.25, 0.3) is 0 Å². The van der Waals surface area contributed by atoms with Crippen LogP contribution in [0.3, 0.4) is 0 Å². The second-order valence-electron chi connectivity index (χ2n) is 5.56. The molecule has 1 N–H and O–H groups in total. The van der Waals surface area contributed by atoms with Crippen molar-refractivity contribution in [1.82, 2.24) is 4.90 Å². The van der Waals surface area contributed by atoms with E-state index in [-0.39, 0.29) is 18.4 Å². The van der Waals surface area contributed by atoms with Crippen molar-refractivity contribution in [1.29, 1.82) is 0 Å². The van der Waals surface area contributed by atoms with Crippen molar-refractivity contribution in [2.24, 2.45) is 5.41 Å². The third-order valence-electron chi connectivity index (χ3n) is 3.02. The first-order valence-electron chi connectivity index (χ1n) is 6.29. The standard InChI is InChI=1S/C14H21NO3S/c1-10(2)15(9-11-6-5-7-19-11)12(16)8-14(3,4)13(17)18/h5-7,10H,8-9H2,1-4H3,(H,17,18). The van der Waals surface area contributed by atoms with Gasteiger partial charge in [0.1, 0.15) is 0 Å². The largest absolute Gasteiger partial charge is 0.481 e. The third kappa shape index (κ3) is 4.35. The van der Waals surface area contributed by atoms with Crippen LogP contribution in [0.5, 0.6) is 0 Å². The van der Waals surface area contributed by atoms with E-state index in [4.69, 9.17) is 5.11 Å². The van der Waals surface area contributed by atoms with Gasteiger partial charge in [-0.3, -0.25) is 9.59 Å². The molecule has 1 amide bonds. The molecule has 0 fully saturated rings. The summed E-state index contributed by atoms with van der Waals surface area (Å²) in [5.74, 6) is -1.06. The van der Waals surface area contributed by atoms with E-state index in [1.54, 1.807) is 30.1 Å². The Kier molecular flexibility index (Phi) is 5.11. The molecule has 19 heavy (non-hydrogen) atoms. The monoisotopic (exact) mass is 283 g/mol. The topological polar surface area (TPSA) is 57.6 Å². The highest BCUT2D eigenvalue weighted by molar-refractivity contribution is 7.09. The maximum absolute atomic E-state index is 12.3. The van der Waals surface area contributed by atoms with E-state index >= 15 is 0 Å². The minimum absolute atomic E-state index is 0.0197. The van der Waals surface area contributed by atoms with Crippen LogP contribution < -0.4 is 0 Å². The highest BCUT2D eigenvalue weighted by Crippen LogP contribution is 2.24. The summed E-state index contributed by atoms with van der Waals surface area (Å²) in [5.41, 5.74) is -1.03. The molecule has 0 atom stereocenters. The number of carboxylic acids is 1. The molecule has 0 aliphatic carbocycles. The van der Waals surface area contributed by atoms with Gasteiger partial charge in [-0.1, -0.05) is 6.07 Å². The first kappa shape index (κ1) is 15.7. The van der Waals surface area contributed by atoms with Gasteiger partial charge in [0, 0.05) is 17.3 Å². The van der Waals surface area contributed by atoms with Crippen molar-refractivity contribution in [3.63, 3.8) is 0 Å². The molecule has 1 aromatic heterocycles. The van der Waals surface area contributed by atoms with E-state index in [1.807, 2.05) is 31.4 Å². The van der Waals surface area contributed by atoms with E-state index in [0.29, 0.717) is 6.54 Å². The summed E-state index contributed by atoms with van der Waals surface area (Å²) in [6.45, 7) is 7.59. The van der Waals surface area contributed by atoms with Crippen LogP contribution in [0.15, 0.2) is 17.5 Å². The Bertz CT molecular complexity index is 438. The van der Waals surface area contributed by atoms with Crippen molar-refractivity contribution < 1.29 is 14.7 Å². The fourth-order valence-electron chi connectivity index (χ4n) is 1.68. The average Bonchev–Trinajstić information content (AvgIpc) is 2.76. The van der Waals surface area contributed by atoms with Crippen LogP contribution in [0.1, 0.15) is 39.0 Å². The lowest BCUT2D eigenvalue weighted by molar-refractivity contribution is -0.152. The average molecular weight is 283 g/mol. The Morgan fingerprint density at radius 1 is 1.42 bits per heavy atom. The molecular weight excluding hydrogens is 262 g/mol. The molecule has 0 saturated heterocycles. The first-order chi connectivity index (χ1) is 8.74. The van der Waals surface area contributed by atoms with Gasteiger partial charge in [-0.25, -0.2) is 0 Å². The SMILES string of the molecule is CC(C)N(Cc1cccs1)C(=O)CC(C)(C)C(=O)O. The predicted molar refractivity (Wildman–Crippen MR) is 76.0 cm³/mol. The molecule has 0 bridgehead atoms. The quantitative estimate of drug-likeness (QED) is 0.873. The van der Waals surface area contributed by atoms with Crippen LogP contribution in [0.4, 0.5) is 0 Å². The minimum atomic E-state index is -1.03. The lowest BCUT2D eigenvalue weighted by Gasteiger charge is -2.29. The lowest BCUT2D eigenvalue weighted by Crippen LogP contribution is -2.40. The van der Waals surface area contributed by atoms with E-state index in [0.717, 1.165) is 4.88 Å². The molecule has 0 aliphatic rings. The number of hydrogen-bond donors (Lipinski definition) is 1. The molecule has 0 saturated carbocycles. The molecule has 1 rings (SSSR count). The zero-order chi connectivity index (χ0) is 14.6. The number of hydrogen-bond acceptors (Lipinski definition) is 3. The number of rotatable bonds is 6. The Morgan fingerprint density at radius 3 is 2.47 bits per heavy atom. The molecule has 0 aliphatic heterocycles. The molecular formula is C14H21NO3S. The maximum atomic E-state index is 12.3. The molecule has 4 nitrogen and oxygen atoms in total. The Balaban J connectivity index is 2.77. The van der Waals surface area contributed by atoms with Crippen molar-refractivity contribution in [3.8, 4) is 0 Å². The zero-order valence-corrected chi connectivity index (χ0v) is 12.7. The number of thiophene rings is 1. The first-order valence-corrected chi connectivity index (χ1v) is 7.17. The molecule has 0 aromatic carbocycles. The van der Waals surface area contributed by atoms with Gasteiger partial charge in [0.05, 0.1) is 12.0 Å². The van der Waals surface area contributed by atoms with Crippen LogP contribution in [0, 0.1) is 5.41 Å². The van der Waals surface area contributed by atoms with Crippen molar-refractivity contribution in [2.75, 3.05) is 0 Å². The molecule has 0 radical (unpaired) electrons. The van der Waals surface area contributed by atoms with E-state index in [9.17, 15) is 9.59 Å². The Hall–Kier alpha value is -1.36. The molecule has 106 valence electrons. The van der Waals surface area contributed by atoms with Crippen molar-refractivity contribution in [2.45, 2.75) is 46.7 Å². The molecule has 0 spiro atoms. The van der Waals surface area contributed by atoms with Crippen LogP contribution in [-0.2, 0) is 16.1 Å². The molecule has 5 heteroatoms. The number of nitrogens with zero attached hydrogens (tertiary/aromatic N) is 1. The molecule has 1 heterocycles. The fourth-order valence-corrected chi connectivity index (χ4v) is 2.39. The van der Waals surface area contributed by atoms with E-state index in [2.05, 4.69) is 0 Å². The molecule has 1 aromatic rings. The summed E-state index contributed by atoms with van der Waals surface area (Å²) in [5, 5.41) is 11.1. The minimum Gasteiger partial charge on any atom is -0.481 e. The van der Waals surface area contributed by atoms with Crippen molar-refractivity contribution >= 4 is 23.2 Å². The van der Waals surface area contributed by atoms with Gasteiger partial charge in [-0.15, -0.1) is 11.3 Å². The zero-order valence-electron chi connectivity index (χ0n) is 11.8. The summed E-state index contributed by atoms with van der Waals surface area (Å²) in [6, 6.07) is 3.99. The normalized spacial score (nSPS) is 11.6. The third-order valence-corrected chi connectivity index (χ3v) is 3.88.